The lowest BCUT2D eigenvalue weighted by Gasteiger charge is -2.29. The van der Waals surface area contributed by atoms with Gasteiger partial charge in [0.15, 0.2) is 5.79 Å². The normalized spacial score (nSPS) is 20.9. The van der Waals surface area contributed by atoms with Gasteiger partial charge in [-0.15, -0.1) is 0 Å². The monoisotopic (exact) mass is 448 g/mol. The molecule has 2 unspecified atom stereocenters. The Balaban J connectivity index is 1.36. The minimum Gasteiger partial charge on any atom is -0.374 e. The minimum absolute atomic E-state index is 0.0813. The lowest BCUT2D eigenvalue weighted by molar-refractivity contribution is -0.187. The summed E-state index contributed by atoms with van der Waals surface area (Å²) >= 11 is 0. The summed E-state index contributed by atoms with van der Waals surface area (Å²) in [5, 5.41) is 0. The second-order valence-electron chi connectivity index (χ2n) is 10.1. The molecule has 5 nitrogen and oxygen atoms in total. The summed E-state index contributed by atoms with van der Waals surface area (Å²) in [6.07, 6.45) is 7.13. The zero-order valence-electron chi connectivity index (χ0n) is 20.3. The van der Waals surface area contributed by atoms with Crippen molar-refractivity contribution in [3.8, 4) is 0 Å². The van der Waals surface area contributed by atoms with Crippen LogP contribution < -0.4 is 0 Å². The number of rotatable bonds is 9. The van der Waals surface area contributed by atoms with Crippen molar-refractivity contribution < 1.29 is 14.2 Å². The number of ether oxygens (including phenoxy) is 3. The van der Waals surface area contributed by atoms with Crippen LogP contribution in [0.4, 0.5) is 0 Å². The third-order valence-electron chi connectivity index (χ3n) is 6.20. The Labute approximate surface area is 197 Å². The van der Waals surface area contributed by atoms with Crippen LogP contribution in [0.3, 0.4) is 0 Å². The first-order valence-electron chi connectivity index (χ1n) is 11.8. The zero-order chi connectivity index (χ0) is 23.3. The maximum Gasteiger partial charge on any atom is 0.187 e. The minimum atomic E-state index is -0.679. The van der Waals surface area contributed by atoms with Gasteiger partial charge in [-0.05, 0) is 35.4 Å². The van der Waals surface area contributed by atoms with Gasteiger partial charge in [0, 0.05) is 18.8 Å². The molecule has 33 heavy (non-hydrogen) atoms. The quantitative estimate of drug-likeness (QED) is 0.437. The van der Waals surface area contributed by atoms with E-state index in [-0.39, 0.29) is 11.5 Å². The molecule has 0 bridgehead atoms. The molecule has 1 aliphatic heterocycles. The molecule has 2 aromatic carbocycles. The lowest BCUT2D eigenvalue weighted by atomic mass is 9.86. The highest BCUT2D eigenvalue weighted by Gasteiger charge is 2.41. The fraction of sp³-hybridized carbons (Fsp3) is 0.464. The molecule has 5 heteroatoms. The molecule has 1 aromatic heterocycles. The summed E-state index contributed by atoms with van der Waals surface area (Å²) in [4.78, 5) is 4.18. The van der Waals surface area contributed by atoms with Gasteiger partial charge in [-0.25, -0.2) is 4.98 Å². The standard InChI is InChI=1S/C28H36N2O3/c1-22-5-7-24(8-6-22)17-31-18-26-19-32-28(33-26,20-30-16-15-29-21-30)14-13-23-9-11-25(12-10-23)27(2,3)4/h5-12,15-16,21,26H,13-14,17-20H2,1-4H3. The van der Waals surface area contributed by atoms with Crippen LogP contribution >= 0.6 is 0 Å². The van der Waals surface area contributed by atoms with Gasteiger partial charge < -0.3 is 18.8 Å². The smallest absolute Gasteiger partial charge is 0.187 e. The maximum atomic E-state index is 6.48. The van der Waals surface area contributed by atoms with Crippen molar-refractivity contribution in [3.63, 3.8) is 0 Å². The largest absolute Gasteiger partial charge is 0.374 e. The molecule has 4 rings (SSSR count). The summed E-state index contributed by atoms with van der Waals surface area (Å²) < 4.78 is 20.8. The molecule has 1 aliphatic rings. The molecule has 1 saturated heterocycles. The molecule has 2 heterocycles. The number of aryl methyl sites for hydroxylation is 2. The van der Waals surface area contributed by atoms with E-state index < -0.39 is 5.79 Å². The molecule has 1 fully saturated rings. The average Bonchev–Trinajstić information content (AvgIpc) is 3.44. The fourth-order valence-electron chi connectivity index (χ4n) is 4.15. The summed E-state index contributed by atoms with van der Waals surface area (Å²) in [7, 11) is 0. The number of imidazole rings is 1. The Morgan fingerprint density at radius 1 is 1.06 bits per heavy atom. The van der Waals surface area contributed by atoms with E-state index in [0.717, 1.165) is 12.8 Å². The van der Waals surface area contributed by atoms with Crippen molar-refractivity contribution in [1.82, 2.24) is 9.55 Å². The highest BCUT2D eigenvalue weighted by Crippen LogP contribution is 2.31. The first-order chi connectivity index (χ1) is 15.8. The summed E-state index contributed by atoms with van der Waals surface area (Å²) in [5.41, 5.74) is 5.22. The number of aromatic nitrogens is 2. The first kappa shape index (κ1) is 23.7. The van der Waals surface area contributed by atoms with Gasteiger partial charge in [-0.3, -0.25) is 0 Å². The van der Waals surface area contributed by atoms with Gasteiger partial charge in [0.25, 0.3) is 0 Å². The van der Waals surface area contributed by atoms with Gasteiger partial charge in [-0.2, -0.15) is 0 Å². The van der Waals surface area contributed by atoms with Crippen molar-refractivity contribution in [3.05, 3.63) is 89.5 Å². The number of benzene rings is 2. The van der Waals surface area contributed by atoms with Gasteiger partial charge in [-0.1, -0.05) is 74.9 Å². The Hall–Kier alpha value is -2.47. The van der Waals surface area contributed by atoms with E-state index in [0.29, 0.717) is 26.4 Å². The van der Waals surface area contributed by atoms with E-state index >= 15 is 0 Å². The SMILES string of the molecule is Cc1ccc(COCC2COC(CCc3ccc(C(C)(C)C)cc3)(Cn3ccnc3)O2)cc1. The molecule has 0 aliphatic carbocycles. The zero-order valence-corrected chi connectivity index (χ0v) is 20.3. The van der Waals surface area contributed by atoms with E-state index in [1.165, 1.54) is 22.3 Å². The van der Waals surface area contributed by atoms with Crippen molar-refractivity contribution >= 4 is 0 Å². The molecule has 0 saturated carbocycles. The summed E-state index contributed by atoms with van der Waals surface area (Å²) in [5.74, 6) is -0.679. The van der Waals surface area contributed by atoms with Gasteiger partial charge in [0.2, 0.25) is 0 Å². The molecule has 0 N–H and O–H groups in total. The van der Waals surface area contributed by atoms with Crippen LogP contribution in [-0.2, 0) is 39.2 Å². The van der Waals surface area contributed by atoms with Crippen molar-refractivity contribution in [2.24, 2.45) is 0 Å². The fourth-order valence-corrected chi connectivity index (χ4v) is 4.15. The van der Waals surface area contributed by atoms with Crippen molar-refractivity contribution in [1.29, 1.82) is 0 Å². The Morgan fingerprint density at radius 3 is 2.45 bits per heavy atom. The van der Waals surface area contributed by atoms with Crippen LogP contribution in [0.15, 0.2) is 67.3 Å². The second kappa shape index (κ2) is 10.2. The predicted molar refractivity (Wildman–Crippen MR) is 130 cm³/mol. The van der Waals surface area contributed by atoms with Crippen LogP contribution in [0.5, 0.6) is 0 Å². The third-order valence-corrected chi connectivity index (χ3v) is 6.20. The number of hydrogen-bond acceptors (Lipinski definition) is 4. The molecule has 0 radical (unpaired) electrons. The summed E-state index contributed by atoms with van der Waals surface area (Å²) in [6, 6.07) is 17.3. The van der Waals surface area contributed by atoms with E-state index in [4.69, 9.17) is 14.2 Å². The lowest BCUT2D eigenvalue weighted by Crippen LogP contribution is -2.37. The molecular weight excluding hydrogens is 412 g/mol. The molecule has 176 valence electrons. The third kappa shape index (κ3) is 6.53. The Kier molecular flexibility index (Phi) is 7.32. The molecular formula is C28H36N2O3. The topological polar surface area (TPSA) is 45.5 Å². The van der Waals surface area contributed by atoms with E-state index in [9.17, 15) is 0 Å². The first-order valence-corrected chi connectivity index (χ1v) is 11.8. The predicted octanol–water partition coefficient (Wildman–Crippen LogP) is 5.45. The highest BCUT2D eigenvalue weighted by molar-refractivity contribution is 5.27. The summed E-state index contributed by atoms with van der Waals surface area (Å²) in [6.45, 7) is 11.0. The number of nitrogens with zero attached hydrogens (tertiary/aromatic N) is 2. The van der Waals surface area contributed by atoms with Crippen LogP contribution in [0.2, 0.25) is 0 Å². The van der Waals surface area contributed by atoms with E-state index in [1.54, 1.807) is 6.20 Å². The van der Waals surface area contributed by atoms with Gasteiger partial charge >= 0.3 is 0 Å². The van der Waals surface area contributed by atoms with Gasteiger partial charge in [0.05, 0.1) is 32.7 Å². The molecule has 0 amide bonds. The van der Waals surface area contributed by atoms with Crippen LogP contribution in [-0.4, -0.2) is 34.7 Å². The Morgan fingerprint density at radius 2 is 1.79 bits per heavy atom. The highest BCUT2D eigenvalue weighted by atomic mass is 16.8. The molecule has 3 aromatic rings. The van der Waals surface area contributed by atoms with E-state index in [1.807, 2.05) is 17.1 Å². The maximum absolute atomic E-state index is 6.48. The number of hydrogen-bond donors (Lipinski definition) is 0. The van der Waals surface area contributed by atoms with Gasteiger partial charge in [0.1, 0.15) is 6.10 Å². The Bertz CT molecular complexity index is 991. The van der Waals surface area contributed by atoms with Crippen molar-refractivity contribution in [2.75, 3.05) is 13.2 Å². The molecule has 0 spiro atoms. The van der Waals surface area contributed by atoms with Crippen LogP contribution in [0.25, 0.3) is 0 Å². The van der Waals surface area contributed by atoms with Crippen LogP contribution in [0.1, 0.15) is 49.4 Å². The average molecular weight is 449 g/mol. The van der Waals surface area contributed by atoms with E-state index in [2.05, 4.69) is 81.2 Å². The molecule has 2 atom stereocenters. The second-order valence-corrected chi connectivity index (χ2v) is 10.1. The van der Waals surface area contributed by atoms with Crippen molar-refractivity contribution in [2.45, 2.75) is 71.0 Å². The van der Waals surface area contributed by atoms with Crippen LogP contribution in [0, 0.1) is 6.92 Å².